The van der Waals surface area contributed by atoms with Crippen molar-refractivity contribution in [3.05, 3.63) is 89.7 Å². The van der Waals surface area contributed by atoms with Gasteiger partial charge < -0.3 is 14.8 Å². The van der Waals surface area contributed by atoms with E-state index in [0.29, 0.717) is 40.9 Å². The molecule has 0 unspecified atom stereocenters. The lowest BCUT2D eigenvalue weighted by Gasteiger charge is -2.12. The number of nitrogens with zero attached hydrogens (tertiary/aromatic N) is 4. The zero-order valence-electron chi connectivity index (χ0n) is 17.1. The Bertz CT molecular complexity index is 1170. The van der Waals surface area contributed by atoms with E-state index in [-0.39, 0.29) is 5.91 Å². The van der Waals surface area contributed by atoms with Gasteiger partial charge in [0.05, 0.1) is 7.11 Å². The van der Waals surface area contributed by atoms with Gasteiger partial charge in [0.15, 0.2) is 5.82 Å². The number of rotatable bonds is 7. The highest BCUT2D eigenvalue weighted by molar-refractivity contribution is 6.04. The summed E-state index contributed by atoms with van der Waals surface area (Å²) in [5, 5.41) is 14.4. The second-order valence-corrected chi connectivity index (χ2v) is 6.78. The number of anilines is 1. The van der Waals surface area contributed by atoms with Crippen LogP contribution in [0, 0.1) is 6.92 Å². The van der Waals surface area contributed by atoms with Crippen LogP contribution in [0.1, 0.15) is 21.7 Å². The first kappa shape index (κ1) is 20.1. The van der Waals surface area contributed by atoms with Gasteiger partial charge in [0.25, 0.3) is 5.91 Å². The van der Waals surface area contributed by atoms with Crippen LogP contribution in [0.2, 0.25) is 0 Å². The van der Waals surface area contributed by atoms with Crippen LogP contribution < -0.4 is 14.8 Å². The lowest BCUT2D eigenvalue weighted by molar-refractivity contribution is 0.102. The molecule has 0 atom stereocenters. The zero-order chi connectivity index (χ0) is 21.6. The number of benzene rings is 3. The molecule has 0 bridgehead atoms. The van der Waals surface area contributed by atoms with Crippen molar-refractivity contribution in [3.63, 3.8) is 0 Å². The summed E-state index contributed by atoms with van der Waals surface area (Å²) in [6.07, 6.45) is 0. The first-order valence-corrected chi connectivity index (χ1v) is 9.65. The third-order valence-electron chi connectivity index (χ3n) is 4.66. The van der Waals surface area contributed by atoms with Gasteiger partial charge in [-0.25, -0.2) is 0 Å². The minimum absolute atomic E-state index is 0.237. The number of ether oxygens (including phenoxy) is 2. The van der Waals surface area contributed by atoms with Crippen molar-refractivity contribution in [2.24, 2.45) is 0 Å². The van der Waals surface area contributed by atoms with Crippen LogP contribution in [0.4, 0.5) is 5.69 Å². The Kier molecular flexibility index (Phi) is 5.89. The number of carbonyl (C=O) groups excluding carboxylic acids is 1. The van der Waals surface area contributed by atoms with E-state index in [9.17, 15) is 4.79 Å². The molecule has 0 spiro atoms. The second kappa shape index (κ2) is 9.08. The molecule has 1 aromatic heterocycles. The van der Waals surface area contributed by atoms with Crippen LogP contribution in [0.3, 0.4) is 0 Å². The van der Waals surface area contributed by atoms with Crippen LogP contribution in [-0.4, -0.2) is 33.2 Å². The zero-order valence-corrected chi connectivity index (χ0v) is 17.1. The van der Waals surface area contributed by atoms with Crippen molar-refractivity contribution in [1.82, 2.24) is 20.2 Å². The Morgan fingerprint density at radius 2 is 1.81 bits per heavy atom. The minimum Gasteiger partial charge on any atom is -0.494 e. The van der Waals surface area contributed by atoms with Gasteiger partial charge in [-0.1, -0.05) is 30.3 Å². The lowest BCUT2D eigenvalue weighted by atomic mass is 10.2. The van der Waals surface area contributed by atoms with Crippen molar-refractivity contribution in [2.75, 3.05) is 12.4 Å². The van der Waals surface area contributed by atoms with Gasteiger partial charge in [0.2, 0.25) is 0 Å². The molecule has 0 saturated carbocycles. The highest BCUT2D eigenvalue weighted by atomic mass is 16.5. The molecule has 0 fully saturated rings. The third kappa shape index (κ3) is 4.69. The summed E-state index contributed by atoms with van der Waals surface area (Å²) in [6.45, 7) is 2.25. The quantitative estimate of drug-likeness (QED) is 0.494. The summed E-state index contributed by atoms with van der Waals surface area (Å²) in [6, 6.07) is 22.2. The van der Waals surface area contributed by atoms with Gasteiger partial charge in [-0.3, -0.25) is 4.79 Å². The highest BCUT2D eigenvalue weighted by Crippen LogP contribution is 2.26. The van der Waals surface area contributed by atoms with E-state index < -0.39 is 0 Å². The maximum atomic E-state index is 12.7. The summed E-state index contributed by atoms with van der Waals surface area (Å²) in [7, 11) is 1.57. The molecule has 31 heavy (non-hydrogen) atoms. The molecular formula is C23H21N5O3. The van der Waals surface area contributed by atoms with Crippen LogP contribution >= 0.6 is 0 Å². The molecule has 0 aliphatic heterocycles. The molecule has 1 heterocycles. The second-order valence-electron chi connectivity index (χ2n) is 6.78. The van der Waals surface area contributed by atoms with E-state index in [2.05, 4.69) is 20.8 Å². The molecule has 0 radical (unpaired) electrons. The molecule has 8 heteroatoms. The monoisotopic (exact) mass is 415 g/mol. The van der Waals surface area contributed by atoms with E-state index in [0.717, 1.165) is 5.56 Å². The molecule has 1 amide bonds. The highest BCUT2D eigenvalue weighted by Gasteiger charge is 2.13. The van der Waals surface area contributed by atoms with Crippen LogP contribution in [0.5, 0.6) is 11.5 Å². The first-order valence-electron chi connectivity index (χ1n) is 9.65. The van der Waals surface area contributed by atoms with E-state index in [4.69, 9.17) is 9.47 Å². The van der Waals surface area contributed by atoms with Gasteiger partial charge in [-0.15, -0.1) is 5.10 Å². The molecule has 1 N–H and O–H groups in total. The Hall–Kier alpha value is -4.20. The van der Waals surface area contributed by atoms with E-state index in [1.807, 2.05) is 30.3 Å². The average Bonchev–Trinajstić information content (AvgIpc) is 3.24. The molecule has 0 saturated heterocycles. The number of hydrogen-bond donors (Lipinski definition) is 1. The van der Waals surface area contributed by atoms with Crippen LogP contribution in [0.25, 0.3) is 5.69 Å². The Morgan fingerprint density at radius 1 is 1.03 bits per heavy atom. The van der Waals surface area contributed by atoms with Crippen molar-refractivity contribution in [1.29, 1.82) is 0 Å². The molecule has 156 valence electrons. The molecule has 0 aliphatic carbocycles. The number of aromatic nitrogens is 4. The van der Waals surface area contributed by atoms with E-state index in [1.54, 1.807) is 61.2 Å². The maximum absolute atomic E-state index is 12.7. The van der Waals surface area contributed by atoms with E-state index >= 15 is 0 Å². The number of aryl methyl sites for hydroxylation is 1. The summed E-state index contributed by atoms with van der Waals surface area (Å²) >= 11 is 0. The first-order chi connectivity index (χ1) is 15.1. The summed E-state index contributed by atoms with van der Waals surface area (Å²) in [5.41, 5.74) is 2.83. The summed E-state index contributed by atoms with van der Waals surface area (Å²) in [5.74, 6) is 1.65. The predicted octanol–water partition coefficient (Wildman–Crippen LogP) is 3.81. The van der Waals surface area contributed by atoms with Gasteiger partial charge in [-0.2, -0.15) is 4.68 Å². The fraction of sp³-hybridized carbons (Fsp3) is 0.130. The van der Waals surface area contributed by atoms with Crippen LogP contribution in [-0.2, 0) is 6.61 Å². The lowest BCUT2D eigenvalue weighted by Crippen LogP contribution is -2.12. The number of hydrogen-bond acceptors (Lipinski definition) is 6. The Labute approximate surface area is 179 Å². The van der Waals surface area contributed by atoms with Gasteiger partial charge >= 0.3 is 0 Å². The minimum atomic E-state index is -0.237. The van der Waals surface area contributed by atoms with Gasteiger partial charge in [0, 0.05) is 11.3 Å². The molecule has 8 nitrogen and oxygen atoms in total. The molecule has 3 aromatic carbocycles. The molecule has 4 aromatic rings. The number of methoxy groups -OCH3 is 1. The maximum Gasteiger partial charge on any atom is 0.255 e. The number of amides is 1. The smallest absolute Gasteiger partial charge is 0.255 e. The number of carbonyl (C=O) groups is 1. The summed E-state index contributed by atoms with van der Waals surface area (Å²) < 4.78 is 12.7. The van der Waals surface area contributed by atoms with Crippen molar-refractivity contribution < 1.29 is 14.3 Å². The van der Waals surface area contributed by atoms with Crippen molar-refractivity contribution >= 4 is 11.6 Å². The normalized spacial score (nSPS) is 10.5. The number of nitrogens with one attached hydrogen (secondary N) is 1. The van der Waals surface area contributed by atoms with Crippen molar-refractivity contribution in [2.45, 2.75) is 13.5 Å². The van der Waals surface area contributed by atoms with Crippen LogP contribution in [0.15, 0.2) is 72.8 Å². The molecule has 0 aliphatic rings. The Balaban J connectivity index is 1.45. The van der Waals surface area contributed by atoms with Gasteiger partial charge in [0.1, 0.15) is 23.8 Å². The molecule has 4 rings (SSSR count). The average molecular weight is 415 g/mol. The fourth-order valence-electron chi connectivity index (χ4n) is 3.03. The Morgan fingerprint density at radius 3 is 2.48 bits per heavy atom. The SMILES string of the molecule is COc1ccc(NC(=O)c2ccc(OCc3ccccc3)cc2)cc1-n1nnnc1C. The van der Waals surface area contributed by atoms with E-state index in [1.165, 1.54) is 0 Å². The van der Waals surface area contributed by atoms with Gasteiger partial charge in [-0.05, 0) is 65.4 Å². The predicted molar refractivity (Wildman–Crippen MR) is 116 cm³/mol. The van der Waals surface area contributed by atoms with Crippen molar-refractivity contribution in [3.8, 4) is 17.2 Å². The third-order valence-corrected chi connectivity index (χ3v) is 4.66. The fourth-order valence-corrected chi connectivity index (χ4v) is 3.03. The number of tetrazole rings is 1. The largest absolute Gasteiger partial charge is 0.494 e. The summed E-state index contributed by atoms with van der Waals surface area (Å²) in [4.78, 5) is 12.7. The molecular weight excluding hydrogens is 394 g/mol. The standard InChI is InChI=1S/C23H21N5O3/c1-16-25-26-27-28(16)21-14-19(10-13-22(21)30-2)24-23(29)18-8-11-20(12-9-18)31-15-17-6-4-3-5-7-17/h3-14H,15H2,1-2H3,(H,24,29). The topological polar surface area (TPSA) is 91.2 Å².